The van der Waals surface area contributed by atoms with Crippen LogP contribution in [0.5, 0.6) is 0 Å². The number of hydrogen-bond acceptors (Lipinski definition) is 3. The van der Waals surface area contributed by atoms with Crippen LogP contribution in [0.2, 0.25) is 0 Å². The maximum absolute atomic E-state index is 13.1. The molecule has 4 heteroatoms. The normalized spacial score (nSPS) is 15.4. The van der Waals surface area contributed by atoms with Crippen molar-refractivity contribution < 1.29 is 4.79 Å². The number of rotatable bonds is 5. The average Bonchev–Trinajstić information content (AvgIpc) is 3.08. The molecule has 1 aromatic heterocycles. The summed E-state index contributed by atoms with van der Waals surface area (Å²) in [6, 6.07) is 22.5. The highest BCUT2D eigenvalue weighted by Gasteiger charge is 2.31. The lowest BCUT2D eigenvalue weighted by atomic mass is 10.1. The van der Waals surface area contributed by atoms with Crippen LogP contribution in [0.3, 0.4) is 0 Å². The zero-order valence-electron chi connectivity index (χ0n) is 16.4. The Balaban J connectivity index is 1.53. The average molecular weight is 371 g/mol. The number of para-hydroxylation sites is 1. The van der Waals surface area contributed by atoms with Gasteiger partial charge in [0.1, 0.15) is 5.69 Å². The van der Waals surface area contributed by atoms with Gasteiger partial charge in [-0.25, -0.2) is 4.98 Å². The van der Waals surface area contributed by atoms with Crippen LogP contribution in [0.1, 0.15) is 35.5 Å². The van der Waals surface area contributed by atoms with Crippen molar-refractivity contribution in [2.75, 3.05) is 16.3 Å². The standard InChI is InChI=1S/C24H25N3O/c1-3-26(17-19-9-5-4-6-10-19)21-13-14-22(25-16-21)24(28)27-18(2)15-20-11-7-8-12-23(20)27/h4-14,16,18H,3,15,17H2,1-2H3. The van der Waals surface area contributed by atoms with Crippen LogP contribution >= 0.6 is 0 Å². The third-order valence-corrected chi connectivity index (χ3v) is 5.36. The van der Waals surface area contributed by atoms with Crippen molar-refractivity contribution >= 4 is 17.3 Å². The third-order valence-electron chi connectivity index (χ3n) is 5.36. The fourth-order valence-corrected chi connectivity index (χ4v) is 3.89. The highest BCUT2D eigenvalue weighted by Crippen LogP contribution is 2.33. The maximum atomic E-state index is 13.1. The Morgan fingerprint density at radius 3 is 2.54 bits per heavy atom. The molecular weight excluding hydrogens is 346 g/mol. The van der Waals surface area contributed by atoms with Crippen molar-refractivity contribution in [3.05, 3.63) is 89.7 Å². The molecule has 0 N–H and O–H groups in total. The second-order valence-electron chi connectivity index (χ2n) is 7.26. The molecule has 2 aromatic carbocycles. The van der Waals surface area contributed by atoms with Gasteiger partial charge in [-0.05, 0) is 49.6 Å². The molecule has 2 heterocycles. The Morgan fingerprint density at radius 2 is 1.82 bits per heavy atom. The molecule has 1 atom stereocenters. The molecule has 28 heavy (non-hydrogen) atoms. The highest BCUT2D eigenvalue weighted by molar-refractivity contribution is 6.06. The van der Waals surface area contributed by atoms with E-state index in [9.17, 15) is 4.79 Å². The first-order valence-electron chi connectivity index (χ1n) is 9.83. The molecule has 4 rings (SSSR count). The van der Waals surface area contributed by atoms with Crippen LogP contribution in [-0.2, 0) is 13.0 Å². The largest absolute Gasteiger partial charge is 0.366 e. The molecule has 0 aliphatic carbocycles. The molecule has 1 aliphatic rings. The number of amides is 1. The first kappa shape index (κ1) is 18.2. The summed E-state index contributed by atoms with van der Waals surface area (Å²) in [6.07, 6.45) is 2.70. The summed E-state index contributed by atoms with van der Waals surface area (Å²) < 4.78 is 0. The van der Waals surface area contributed by atoms with Crippen LogP contribution in [-0.4, -0.2) is 23.5 Å². The number of benzene rings is 2. The highest BCUT2D eigenvalue weighted by atomic mass is 16.2. The Labute approximate surface area is 166 Å². The third kappa shape index (κ3) is 3.50. The molecular formula is C24H25N3O. The first-order valence-corrected chi connectivity index (χ1v) is 9.83. The minimum Gasteiger partial charge on any atom is -0.366 e. The van der Waals surface area contributed by atoms with Crippen LogP contribution in [0, 0.1) is 0 Å². The Bertz CT molecular complexity index is 953. The van der Waals surface area contributed by atoms with Gasteiger partial charge in [-0.3, -0.25) is 4.79 Å². The minimum atomic E-state index is -0.0323. The minimum absolute atomic E-state index is 0.0323. The van der Waals surface area contributed by atoms with E-state index in [-0.39, 0.29) is 11.9 Å². The van der Waals surface area contributed by atoms with E-state index in [2.05, 4.69) is 54.1 Å². The molecule has 0 saturated carbocycles. The number of anilines is 2. The summed E-state index contributed by atoms with van der Waals surface area (Å²) in [5.74, 6) is -0.0323. The molecule has 1 unspecified atom stereocenters. The van der Waals surface area contributed by atoms with Crippen molar-refractivity contribution in [2.24, 2.45) is 0 Å². The van der Waals surface area contributed by atoms with Gasteiger partial charge in [-0.15, -0.1) is 0 Å². The molecule has 0 radical (unpaired) electrons. The van der Waals surface area contributed by atoms with Crippen molar-refractivity contribution in [3.8, 4) is 0 Å². The second-order valence-corrected chi connectivity index (χ2v) is 7.26. The van der Waals surface area contributed by atoms with Gasteiger partial charge < -0.3 is 9.80 Å². The molecule has 3 aromatic rings. The quantitative estimate of drug-likeness (QED) is 0.652. The van der Waals surface area contributed by atoms with Crippen LogP contribution in [0.15, 0.2) is 72.9 Å². The van der Waals surface area contributed by atoms with Crippen molar-refractivity contribution in [1.29, 1.82) is 0 Å². The van der Waals surface area contributed by atoms with Gasteiger partial charge in [-0.1, -0.05) is 48.5 Å². The summed E-state index contributed by atoms with van der Waals surface area (Å²) >= 11 is 0. The lowest BCUT2D eigenvalue weighted by Gasteiger charge is -2.24. The number of aromatic nitrogens is 1. The van der Waals surface area contributed by atoms with Gasteiger partial charge >= 0.3 is 0 Å². The lowest BCUT2D eigenvalue weighted by Crippen LogP contribution is -2.36. The number of carbonyl (C=O) groups excluding carboxylic acids is 1. The number of carbonyl (C=O) groups is 1. The maximum Gasteiger partial charge on any atom is 0.277 e. The van der Waals surface area contributed by atoms with E-state index in [0.717, 1.165) is 30.9 Å². The summed E-state index contributed by atoms with van der Waals surface area (Å²) in [5, 5.41) is 0. The Morgan fingerprint density at radius 1 is 1.07 bits per heavy atom. The zero-order chi connectivity index (χ0) is 19.5. The molecule has 1 amide bonds. The molecule has 0 saturated heterocycles. The lowest BCUT2D eigenvalue weighted by molar-refractivity contribution is 0.0976. The van der Waals surface area contributed by atoms with E-state index in [4.69, 9.17) is 0 Å². The van der Waals surface area contributed by atoms with Crippen LogP contribution < -0.4 is 9.80 Å². The van der Waals surface area contributed by atoms with Gasteiger partial charge in [0.15, 0.2) is 0 Å². The van der Waals surface area contributed by atoms with Gasteiger partial charge in [-0.2, -0.15) is 0 Å². The SMILES string of the molecule is CCN(Cc1ccccc1)c1ccc(C(=O)N2c3ccccc3CC2C)nc1. The van der Waals surface area contributed by atoms with Crippen molar-refractivity contribution in [2.45, 2.75) is 32.9 Å². The molecule has 0 spiro atoms. The Hall–Kier alpha value is -3.14. The van der Waals surface area contributed by atoms with Gasteiger partial charge in [0, 0.05) is 24.8 Å². The number of pyridine rings is 1. The predicted octanol–water partition coefficient (Wildman–Crippen LogP) is 4.70. The molecule has 142 valence electrons. The van der Waals surface area contributed by atoms with Gasteiger partial charge in [0.2, 0.25) is 0 Å². The number of nitrogens with zero attached hydrogens (tertiary/aromatic N) is 3. The topological polar surface area (TPSA) is 36.4 Å². The summed E-state index contributed by atoms with van der Waals surface area (Å²) in [5.41, 5.74) is 5.00. The van der Waals surface area contributed by atoms with E-state index >= 15 is 0 Å². The van der Waals surface area contributed by atoms with E-state index in [0.29, 0.717) is 5.69 Å². The molecule has 0 bridgehead atoms. The smallest absolute Gasteiger partial charge is 0.277 e. The van der Waals surface area contributed by atoms with E-state index < -0.39 is 0 Å². The van der Waals surface area contributed by atoms with Crippen molar-refractivity contribution in [3.63, 3.8) is 0 Å². The summed E-state index contributed by atoms with van der Waals surface area (Å²) in [6.45, 7) is 5.92. The van der Waals surface area contributed by atoms with Crippen LogP contribution in [0.25, 0.3) is 0 Å². The van der Waals surface area contributed by atoms with E-state index in [1.165, 1.54) is 11.1 Å². The molecule has 1 aliphatic heterocycles. The number of hydrogen-bond donors (Lipinski definition) is 0. The van der Waals surface area contributed by atoms with Crippen LogP contribution in [0.4, 0.5) is 11.4 Å². The van der Waals surface area contributed by atoms with E-state index in [1.54, 1.807) is 0 Å². The Kier molecular flexibility index (Phi) is 5.11. The second kappa shape index (κ2) is 7.85. The summed E-state index contributed by atoms with van der Waals surface area (Å²) in [7, 11) is 0. The monoisotopic (exact) mass is 371 g/mol. The fraction of sp³-hybridized carbons (Fsp3) is 0.250. The number of fused-ring (bicyclic) bond motifs is 1. The fourth-order valence-electron chi connectivity index (χ4n) is 3.89. The van der Waals surface area contributed by atoms with Crippen molar-refractivity contribution in [1.82, 2.24) is 4.98 Å². The zero-order valence-corrected chi connectivity index (χ0v) is 16.4. The predicted molar refractivity (Wildman–Crippen MR) is 114 cm³/mol. The first-order chi connectivity index (χ1) is 13.7. The molecule has 4 nitrogen and oxygen atoms in total. The van der Waals surface area contributed by atoms with E-state index in [1.807, 2.05) is 47.5 Å². The molecule has 0 fully saturated rings. The van der Waals surface area contributed by atoms with Gasteiger partial charge in [0.25, 0.3) is 5.91 Å². The summed E-state index contributed by atoms with van der Waals surface area (Å²) in [4.78, 5) is 21.7. The van der Waals surface area contributed by atoms with Gasteiger partial charge in [0.05, 0.1) is 11.9 Å².